The Balaban J connectivity index is 1.39. The van der Waals surface area contributed by atoms with Crippen molar-refractivity contribution in [1.82, 2.24) is 4.90 Å². The number of hydrogen-bond acceptors (Lipinski definition) is 5. The van der Waals surface area contributed by atoms with E-state index in [1.54, 1.807) is 0 Å². The number of carbonyl (C=O) groups excluding carboxylic acids is 2. The number of benzene rings is 2. The number of amides is 1. The predicted molar refractivity (Wildman–Crippen MR) is 155 cm³/mol. The van der Waals surface area contributed by atoms with Gasteiger partial charge in [-0.15, -0.1) is 0 Å². The van der Waals surface area contributed by atoms with Crippen molar-refractivity contribution < 1.29 is 23.8 Å². The maximum absolute atomic E-state index is 13.3. The van der Waals surface area contributed by atoms with Crippen molar-refractivity contribution in [2.24, 2.45) is 17.3 Å². The lowest BCUT2D eigenvalue weighted by atomic mass is 9.52. The van der Waals surface area contributed by atoms with E-state index in [2.05, 4.69) is 39.8 Å². The Hall–Kier alpha value is -3.02. The Morgan fingerprint density at radius 3 is 2.58 bits per heavy atom. The molecule has 1 saturated heterocycles. The van der Waals surface area contributed by atoms with Gasteiger partial charge in [-0.2, -0.15) is 0 Å². The lowest BCUT2D eigenvalue weighted by Gasteiger charge is -2.58. The van der Waals surface area contributed by atoms with Gasteiger partial charge in [-0.1, -0.05) is 76.9 Å². The molecule has 2 aromatic rings. The minimum Gasteiger partial charge on any atom is -0.478 e. The van der Waals surface area contributed by atoms with Gasteiger partial charge in [0.15, 0.2) is 6.10 Å². The van der Waals surface area contributed by atoms with Gasteiger partial charge >= 0.3 is 12.1 Å². The van der Waals surface area contributed by atoms with Gasteiger partial charge in [0.2, 0.25) is 0 Å². The van der Waals surface area contributed by atoms with Crippen LogP contribution in [0.4, 0.5) is 4.79 Å². The van der Waals surface area contributed by atoms with Gasteiger partial charge in [0, 0.05) is 23.9 Å². The highest BCUT2D eigenvalue weighted by atomic mass is 16.6. The second-order valence-electron chi connectivity index (χ2n) is 13.4. The van der Waals surface area contributed by atoms with E-state index < -0.39 is 6.10 Å². The van der Waals surface area contributed by atoms with Crippen LogP contribution in [0.25, 0.3) is 0 Å². The van der Waals surface area contributed by atoms with E-state index >= 15 is 0 Å². The summed E-state index contributed by atoms with van der Waals surface area (Å²) in [5, 5.41) is 0. The lowest BCUT2D eigenvalue weighted by Crippen LogP contribution is -2.62. The minimum atomic E-state index is -0.653. The number of rotatable bonds is 7. The monoisotopic (exact) mass is 547 g/mol. The molecule has 0 N–H and O–H groups in total. The van der Waals surface area contributed by atoms with Gasteiger partial charge in [-0.25, -0.2) is 9.59 Å². The highest BCUT2D eigenvalue weighted by Gasteiger charge is 2.55. The zero-order valence-electron chi connectivity index (χ0n) is 24.8. The Labute approximate surface area is 239 Å². The summed E-state index contributed by atoms with van der Waals surface area (Å²) >= 11 is 0. The van der Waals surface area contributed by atoms with Gasteiger partial charge in [0.1, 0.15) is 12.4 Å². The SMILES string of the molecule is COC(=O)C(Oc1ccc2c(c1)[C@@]13CCCC[C@H]1[C@@H](C2)N(C(=O)OCc1ccccc1)CC3)C(C)CC(C)(C)C. The molecule has 1 amide bonds. The summed E-state index contributed by atoms with van der Waals surface area (Å²) in [5.41, 5.74) is 3.75. The van der Waals surface area contributed by atoms with Gasteiger partial charge in [0.05, 0.1) is 7.11 Å². The molecule has 0 spiro atoms. The molecular formula is C34H45NO5. The van der Waals surface area contributed by atoms with Crippen LogP contribution in [0.15, 0.2) is 48.5 Å². The van der Waals surface area contributed by atoms with Gasteiger partial charge in [-0.3, -0.25) is 0 Å². The van der Waals surface area contributed by atoms with Crippen molar-refractivity contribution in [3.8, 4) is 5.75 Å². The molecule has 216 valence electrons. The average Bonchev–Trinajstić information content (AvgIpc) is 2.94. The molecule has 5 atom stereocenters. The largest absolute Gasteiger partial charge is 0.478 e. The lowest BCUT2D eigenvalue weighted by molar-refractivity contribution is -0.151. The van der Waals surface area contributed by atoms with Crippen LogP contribution in [0.5, 0.6) is 5.75 Å². The van der Waals surface area contributed by atoms with Crippen LogP contribution in [-0.2, 0) is 32.7 Å². The van der Waals surface area contributed by atoms with Crippen LogP contribution in [0, 0.1) is 17.3 Å². The van der Waals surface area contributed by atoms with Gasteiger partial charge in [0.25, 0.3) is 0 Å². The molecule has 40 heavy (non-hydrogen) atoms. The summed E-state index contributed by atoms with van der Waals surface area (Å²) in [6.07, 6.45) is 6.36. The van der Waals surface area contributed by atoms with E-state index in [1.807, 2.05) is 41.3 Å². The number of hydrogen-bond donors (Lipinski definition) is 0. The average molecular weight is 548 g/mol. The number of ether oxygens (including phenoxy) is 3. The van der Waals surface area contributed by atoms with Crippen molar-refractivity contribution in [2.75, 3.05) is 13.7 Å². The third-order valence-electron chi connectivity index (χ3n) is 9.40. The molecule has 1 saturated carbocycles. The van der Waals surface area contributed by atoms with Crippen molar-refractivity contribution >= 4 is 12.1 Å². The van der Waals surface area contributed by atoms with E-state index in [1.165, 1.54) is 31.1 Å². The Morgan fingerprint density at radius 2 is 1.85 bits per heavy atom. The maximum atomic E-state index is 13.3. The summed E-state index contributed by atoms with van der Waals surface area (Å²) in [6.45, 7) is 9.61. The number of fused-ring (bicyclic) bond motifs is 1. The fourth-order valence-corrected chi connectivity index (χ4v) is 7.82. The van der Waals surface area contributed by atoms with Gasteiger partial charge in [-0.05, 0) is 72.3 Å². The summed E-state index contributed by atoms with van der Waals surface area (Å²) in [6, 6.07) is 16.4. The Bertz CT molecular complexity index is 1200. The molecule has 0 aromatic heterocycles. The van der Waals surface area contributed by atoms with Crippen LogP contribution in [0.2, 0.25) is 0 Å². The van der Waals surface area contributed by atoms with Crippen molar-refractivity contribution in [3.63, 3.8) is 0 Å². The van der Waals surface area contributed by atoms with E-state index in [0.29, 0.717) is 19.1 Å². The third kappa shape index (κ3) is 5.73. The molecule has 6 heteroatoms. The smallest absolute Gasteiger partial charge is 0.410 e. The summed E-state index contributed by atoms with van der Waals surface area (Å²) < 4.78 is 17.4. The van der Waals surface area contributed by atoms with E-state index in [0.717, 1.165) is 43.4 Å². The molecule has 2 aromatic carbocycles. The molecule has 1 aliphatic heterocycles. The van der Waals surface area contributed by atoms with Crippen molar-refractivity contribution in [1.29, 1.82) is 0 Å². The molecule has 2 unspecified atom stereocenters. The fraction of sp³-hybridized carbons (Fsp3) is 0.588. The highest BCUT2D eigenvalue weighted by Crippen LogP contribution is 2.56. The first-order valence-electron chi connectivity index (χ1n) is 15.0. The zero-order valence-corrected chi connectivity index (χ0v) is 24.8. The summed E-state index contributed by atoms with van der Waals surface area (Å²) in [7, 11) is 1.43. The second-order valence-corrected chi connectivity index (χ2v) is 13.4. The summed E-state index contributed by atoms with van der Waals surface area (Å²) in [5.74, 6) is 0.819. The van der Waals surface area contributed by atoms with Crippen LogP contribution < -0.4 is 4.74 Å². The van der Waals surface area contributed by atoms with E-state index in [4.69, 9.17) is 14.2 Å². The molecule has 2 fully saturated rings. The van der Waals surface area contributed by atoms with Crippen molar-refractivity contribution in [2.45, 2.75) is 96.8 Å². The number of esters is 1. The quantitative estimate of drug-likeness (QED) is 0.347. The Morgan fingerprint density at radius 1 is 1.07 bits per heavy atom. The number of likely N-dealkylation sites (tertiary alicyclic amines) is 1. The fourth-order valence-electron chi connectivity index (χ4n) is 7.82. The van der Waals surface area contributed by atoms with Crippen molar-refractivity contribution in [3.05, 3.63) is 65.2 Å². The van der Waals surface area contributed by atoms with Crippen LogP contribution in [0.3, 0.4) is 0 Å². The predicted octanol–water partition coefficient (Wildman–Crippen LogP) is 7.07. The number of piperidine rings is 1. The number of carbonyl (C=O) groups is 2. The molecule has 2 bridgehead atoms. The topological polar surface area (TPSA) is 65.1 Å². The first kappa shape index (κ1) is 28.5. The molecular weight excluding hydrogens is 502 g/mol. The molecule has 1 heterocycles. The van der Waals surface area contributed by atoms with E-state index in [9.17, 15) is 9.59 Å². The first-order valence-corrected chi connectivity index (χ1v) is 15.0. The van der Waals surface area contributed by atoms with Crippen LogP contribution in [0.1, 0.15) is 82.9 Å². The zero-order chi connectivity index (χ0) is 28.5. The summed E-state index contributed by atoms with van der Waals surface area (Å²) in [4.78, 5) is 28.1. The molecule has 2 aliphatic carbocycles. The van der Waals surface area contributed by atoms with Gasteiger partial charge < -0.3 is 19.1 Å². The number of methoxy groups -OCH3 is 1. The normalized spacial score (nSPS) is 25.2. The van der Waals surface area contributed by atoms with Crippen LogP contribution in [-0.4, -0.2) is 42.8 Å². The molecule has 5 rings (SSSR count). The molecule has 0 radical (unpaired) electrons. The Kier molecular flexibility index (Phi) is 8.17. The van der Waals surface area contributed by atoms with E-state index in [-0.39, 0.29) is 34.9 Å². The highest BCUT2D eigenvalue weighted by molar-refractivity contribution is 5.75. The molecule has 3 aliphatic rings. The molecule has 6 nitrogen and oxygen atoms in total. The third-order valence-corrected chi connectivity index (χ3v) is 9.40. The standard InChI is InChI=1S/C34H45NO5/c1-23(21-33(2,3)4)30(31(36)38-5)40-26-15-14-25-19-29-27-13-9-10-16-34(27,28(25)20-26)17-18-35(29)32(37)39-22-24-11-7-6-8-12-24/h6-8,11-12,14-15,20,23,27,29-30H,9-10,13,16-19,21-22H2,1-5H3/t23?,27-,29+,30?,34+/m0/s1. The second kappa shape index (κ2) is 11.5. The van der Waals surface area contributed by atoms with Crippen LogP contribution >= 0.6 is 0 Å². The minimum absolute atomic E-state index is 0.0126. The maximum Gasteiger partial charge on any atom is 0.410 e. The first-order chi connectivity index (χ1) is 19.1. The number of nitrogens with zero attached hydrogens (tertiary/aromatic N) is 1.